The van der Waals surface area contributed by atoms with Gasteiger partial charge in [0.2, 0.25) is 0 Å². The lowest BCUT2D eigenvalue weighted by atomic mass is 10.1. The summed E-state index contributed by atoms with van der Waals surface area (Å²) in [4.78, 5) is 41.6. The number of benzene rings is 3. The third kappa shape index (κ3) is 5.84. The molecule has 0 unspecified atom stereocenters. The Balaban J connectivity index is 1.28. The first kappa shape index (κ1) is 25.8. The number of nitrogens with zero attached hydrogens (tertiary/aromatic N) is 2. The monoisotopic (exact) mass is 532 g/mol. The fraction of sp³-hybridized carbons (Fsp3) is 0.276. The van der Waals surface area contributed by atoms with E-state index in [1.807, 2.05) is 49.4 Å². The number of amides is 3. The highest BCUT2D eigenvalue weighted by Gasteiger charge is 2.35. The molecular weight excluding hydrogens is 504 g/mol. The van der Waals surface area contributed by atoms with Gasteiger partial charge in [0.05, 0.1) is 31.3 Å². The topological polar surface area (TPSA) is 85.4 Å². The van der Waals surface area contributed by atoms with Crippen LogP contribution in [0.25, 0.3) is 16.8 Å². The Morgan fingerprint density at radius 3 is 2.55 bits per heavy atom. The third-order valence-corrected chi connectivity index (χ3v) is 7.22. The highest BCUT2D eigenvalue weighted by atomic mass is 32.2. The molecule has 0 aliphatic carbocycles. The quantitative estimate of drug-likeness (QED) is 0.389. The van der Waals surface area contributed by atoms with E-state index >= 15 is 0 Å². The molecule has 196 valence electrons. The molecule has 0 bridgehead atoms. The maximum Gasteiger partial charge on any atom is 0.293 e. The second kappa shape index (κ2) is 11.7. The molecular formula is C29H28N2O6S. The lowest BCUT2D eigenvalue weighted by Crippen LogP contribution is -2.43. The van der Waals surface area contributed by atoms with Gasteiger partial charge < -0.3 is 19.1 Å². The Kier molecular flexibility index (Phi) is 7.95. The van der Waals surface area contributed by atoms with Crippen LogP contribution in [0.4, 0.5) is 4.79 Å². The van der Waals surface area contributed by atoms with Gasteiger partial charge in [-0.3, -0.25) is 19.3 Å². The second-order valence-corrected chi connectivity index (χ2v) is 9.86. The number of rotatable bonds is 8. The largest absolute Gasteiger partial charge is 0.490 e. The van der Waals surface area contributed by atoms with Crippen LogP contribution in [0.1, 0.15) is 18.1 Å². The minimum Gasteiger partial charge on any atom is -0.490 e. The number of morpholine rings is 1. The Morgan fingerprint density at radius 2 is 1.76 bits per heavy atom. The molecule has 0 radical (unpaired) electrons. The zero-order chi connectivity index (χ0) is 26.5. The minimum absolute atomic E-state index is 0.104. The van der Waals surface area contributed by atoms with Crippen LogP contribution in [0.15, 0.2) is 65.6 Å². The molecule has 2 fully saturated rings. The Hall–Kier alpha value is -3.82. The number of hydrogen-bond acceptors (Lipinski definition) is 7. The van der Waals surface area contributed by atoms with Crippen molar-refractivity contribution in [1.82, 2.24) is 9.80 Å². The van der Waals surface area contributed by atoms with Gasteiger partial charge >= 0.3 is 0 Å². The molecule has 38 heavy (non-hydrogen) atoms. The molecule has 2 saturated heterocycles. The molecule has 5 rings (SSSR count). The molecule has 0 saturated carbocycles. The summed E-state index contributed by atoms with van der Waals surface area (Å²) in [6.07, 6.45) is 1.68. The maximum atomic E-state index is 13.1. The summed E-state index contributed by atoms with van der Waals surface area (Å²) in [6, 6.07) is 19.1. The van der Waals surface area contributed by atoms with Crippen molar-refractivity contribution in [1.29, 1.82) is 0 Å². The van der Waals surface area contributed by atoms with Gasteiger partial charge in [-0.1, -0.05) is 42.5 Å². The molecule has 2 aliphatic rings. The van der Waals surface area contributed by atoms with E-state index in [4.69, 9.17) is 14.2 Å². The van der Waals surface area contributed by atoms with Crippen molar-refractivity contribution in [2.24, 2.45) is 0 Å². The van der Waals surface area contributed by atoms with Crippen molar-refractivity contribution < 1.29 is 28.6 Å². The molecule has 0 N–H and O–H groups in total. The van der Waals surface area contributed by atoms with Crippen LogP contribution in [0.2, 0.25) is 0 Å². The highest BCUT2D eigenvalue weighted by molar-refractivity contribution is 8.18. The Bertz CT molecular complexity index is 1400. The molecule has 0 spiro atoms. The van der Waals surface area contributed by atoms with E-state index in [2.05, 4.69) is 0 Å². The van der Waals surface area contributed by atoms with Crippen LogP contribution in [0, 0.1) is 0 Å². The van der Waals surface area contributed by atoms with Gasteiger partial charge in [-0.05, 0) is 64.9 Å². The Morgan fingerprint density at radius 1 is 0.974 bits per heavy atom. The fourth-order valence-corrected chi connectivity index (χ4v) is 5.19. The molecule has 0 aromatic heterocycles. The molecule has 2 aliphatic heterocycles. The fourth-order valence-electron chi connectivity index (χ4n) is 4.35. The van der Waals surface area contributed by atoms with Crippen molar-refractivity contribution in [2.45, 2.75) is 13.5 Å². The van der Waals surface area contributed by atoms with Crippen LogP contribution >= 0.6 is 11.8 Å². The van der Waals surface area contributed by atoms with Crippen molar-refractivity contribution >= 4 is 45.7 Å². The van der Waals surface area contributed by atoms with E-state index in [-0.39, 0.29) is 30.2 Å². The van der Waals surface area contributed by atoms with E-state index in [9.17, 15) is 14.4 Å². The average Bonchev–Trinajstić information content (AvgIpc) is 3.20. The van der Waals surface area contributed by atoms with Crippen LogP contribution in [0.3, 0.4) is 0 Å². The highest BCUT2D eigenvalue weighted by Crippen LogP contribution is 2.35. The zero-order valence-corrected chi connectivity index (χ0v) is 21.9. The summed E-state index contributed by atoms with van der Waals surface area (Å²) in [5.41, 5.74) is 1.58. The average molecular weight is 533 g/mol. The van der Waals surface area contributed by atoms with Crippen molar-refractivity contribution in [3.8, 4) is 11.5 Å². The van der Waals surface area contributed by atoms with Crippen LogP contribution in [-0.4, -0.2) is 66.4 Å². The van der Waals surface area contributed by atoms with Gasteiger partial charge in [0.15, 0.2) is 18.1 Å². The van der Waals surface area contributed by atoms with Gasteiger partial charge in [-0.2, -0.15) is 0 Å². The lowest BCUT2D eigenvalue weighted by Gasteiger charge is -2.26. The summed E-state index contributed by atoms with van der Waals surface area (Å²) < 4.78 is 16.8. The minimum atomic E-state index is -0.331. The predicted octanol–water partition coefficient (Wildman–Crippen LogP) is 4.71. The molecule has 8 nitrogen and oxygen atoms in total. The summed E-state index contributed by atoms with van der Waals surface area (Å²) in [7, 11) is 0. The summed E-state index contributed by atoms with van der Waals surface area (Å²) in [5.74, 6) is 0.462. The second-order valence-electron chi connectivity index (χ2n) is 8.87. The molecule has 0 atom stereocenters. The number of imide groups is 1. The predicted molar refractivity (Wildman–Crippen MR) is 146 cm³/mol. The van der Waals surface area contributed by atoms with Gasteiger partial charge in [0, 0.05) is 13.1 Å². The van der Waals surface area contributed by atoms with Gasteiger partial charge in [-0.15, -0.1) is 0 Å². The summed E-state index contributed by atoms with van der Waals surface area (Å²) in [5, 5.41) is 1.86. The molecule has 3 aromatic rings. The molecule has 9 heteroatoms. The Labute approximate surface area is 225 Å². The van der Waals surface area contributed by atoms with E-state index in [1.54, 1.807) is 29.2 Å². The number of carbonyl (C=O) groups excluding carboxylic acids is 3. The van der Waals surface area contributed by atoms with Gasteiger partial charge in [0.1, 0.15) is 0 Å². The van der Waals surface area contributed by atoms with E-state index < -0.39 is 0 Å². The van der Waals surface area contributed by atoms with E-state index in [0.29, 0.717) is 54.9 Å². The van der Waals surface area contributed by atoms with Crippen molar-refractivity contribution in [2.75, 3.05) is 39.5 Å². The number of thioether (sulfide) groups is 1. The summed E-state index contributed by atoms with van der Waals surface area (Å²) >= 11 is 0.919. The normalized spacial score (nSPS) is 16.9. The molecule has 3 aromatic carbocycles. The molecule has 2 heterocycles. The van der Waals surface area contributed by atoms with Crippen LogP contribution in [-0.2, 0) is 20.9 Å². The SMILES string of the molecule is CCOc1cc(/C=C2\SC(=O)N(Cc3ccc4ccccc4c3)C2=O)ccc1OCC(=O)N1CCOCC1. The number of carbonyl (C=O) groups is 3. The number of hydrogen-bond donors (Lipinski definition) is 0. The first-order chi connectivity index (χ1) is 18.5. The first-order valence-electron chi connectivity index (χ1n) is 12.5. The summed E-state index contributed by atoms with van der Waals surface area (Å²) in [6.45, 7) is 4.52. The van der Waals surface area contributed by atoms with E-state index in [1.165, 1.54) is 4.90 Å². The third-order valence-electron chi connectivity index (χ3n) is 6.31. The van der Waals surface area contributed by atoms with Crippen LogP contribution < -0.4 is 9.47 Å². The van der Waals surface area contributed by atoms with Crippen LogP contribution in [0.5, 0.6) is 11.5 Å². The lowest BCUT2D eigenvalue weighted by molar-refractivity contribution is -0.137. The standard InChI is InChI=1S/C29H28N2O6S/c1-2-36-25-16-20(8-10-24(25)37-19-27(32)30-11-13-35-14-12-30)17-26-28(33)31(29(34)38-26)18-21-7-9-22-5-3-4-6-23(22)15-21/h3-10,15-17H,2,11-14,18-19H2,1H3/b26-17-. The van der Waals surface area contributed by atoms with Crippen molar-refractivity contribution in [3.63, 3.8) is 0 Å². The number of ether oxygens (including phenoxy) is 3. The van der Waals surface area contributed by atoms with Crippen molar-refractivity contribution in [3.05, 3.63) is 76.7 Å². The maximum absolute atomic E-state index is 13.1. The smallest absolute Gasteiger partial charge is 0.293 e. The first-order valence-corrected chi connectivity index (χ1v) is 13.3. The molecule has 3 amide bonds. The van der Waals surface area contributed by atoms with Gasteiger partial charge in [-0.25, -0.2) is 0 Å². The number of fused-ring (bicyclic) bond motifs is 1. The van der Waals surface area contributed by atoms with Gasteiger partial charge in [0.25, 0.3) is 17.1 Å². The van der Waals surface area contributed by atoms with E-state index in [0.717, 1.165) is 28.1 Å². The zero-order valence-electron chi connectivity index (χ0n) is 21.1.